The van der Waals surface area contributed by atoms with Gasteiger partial charge in [0.25, 0.3) is 11.8 Å². The minimum Gasteiger partial charge on any atom is -0.372 e. The molecule has 8 heteroatoms. The molecule has 1 aliphatic rings. The highest BCUT2D eigenvalue weighted by Gasteiger charge is 2.28. The van der Waals surface area contributed by atoms with Crippen LogP contribution < -0.4 is 5.32 Å². The third-order valence-electron chi connectivity index (χ3n) is 6.09. The van der Waals surface area contributed by atoms with E-state index in [1.807, 2.05) is 58.0 Å². The molecule has 3 rings (SSSR count). The van der Waals surface area contributed by atoms with Crippen LogP contribution in [0.4, 0.5) is 0 Å². The number of ether oxygens (including phenoxy) is 1. The number of hydrogen-bond donors (Lipinski definition) is 1. The molecule has 1 aliphatic heterocycles. The Labute approximate surface area is 207 Å². The monoisotopic (exact) mass is 480 g/mol. The Morgan fingerprint density at radius 2 is 1.91 bits per heavy atom. The van der Waals surface area contributed by atoms with Gasteiger partial charge in [-0.3, -0.25) is 9.59 Å². The third kappa shape index (κ3) is 7.42. The van der Waals surface area contributed by atoms with Crippen LogP contribution in [0.2, 0.25) is 0 Å². The first-order valence-corrected chi connectivity index (χ1v) is 12.4. The fourth-order valence-corrected chi connectivity index (χ4v) is 4.11. The molecule has 35 heavy (non-hydrogen) atoms. The van der Waals surface area contributed by atoms with Gasteiger partial charge < -0.3 is 19.7 Å². The number of piperidine rings is 1. The summed E-state index contributed by atoms with van der Waals surface area (Å²) in [6.07, 6.45) is 2.99. The van der Waals surface area contributed by atoms with E-state index < -0.39 is 11.9 Å². The Bertz CT molecular complexity index is 1010. The van der Waals surface area contributed by atoms with Gasteiger partial charge in [-0.2, -0.15) is 0 Å². The van der Waals surface area contributed by atoms with Crippen LogP contribution in [0.3, 0.4) is 0 Å². The van der Waals surface area contributed by atoms with Crippen molar-refractivity contribution in [3.05, 3.63) is 58.9 Å². The number of nitrogens with zero attached hydrogens (tertiary/aromatic N) is 3. The van der Waals surface area contributed by atoms with Crippen LogP contribution in [0, 0.1) is 11.8 Å². The van der Waals surface area contributed by atoms with E-state index in [2.05, 4.69) is 15.5 Å². The maximum Gasteiger partial charge on any atom is 0.274 e. The normalized spacial score (nSPS) is 16.9. The molecule has 2 aromatic rings. The smallest absolute Gasteiger partial charge is 0.274 e. The van der Waals surface area contributed by atoms with Gasteiger partial charge in [0.1, 0.15) is 6.29 Å². The zero-order chi connectivity index (χ0) is 25.4. The van der Waals surface area contributed by atoms with E-state index in [1.165, 1.54) is 0 Å². The van der Waals surface area contributed by atoms with Crippen LogP contribution in [0.1, 0.15) is 72.6 Å². The summed E-state index contributed by atoms with van der Waals surface area (Å²) in [5.74, 6) is -0.470. The Kier molecular flexibility index (Phi) is 9.48. The molecule has 0 radical (unpaired) electrons. The number of benzene rings is 1. The Hall–Kier alpha value is -3.13. The first-order valence-electron chi connectivity index (χ1n) is 12.4. The van der Waals surface area contributed by atoms with E-state index in [-0.39, 0.29) is 35.2 Å². The van der Waals surface area contributed by atoms with Crippen LogP contribution in [-0.4, -0.2) is 58.4 Å². The van der Waals surface area contributed by atoms with Crippen molar-refractivity contribution < 1.29 is 19.1 Å². The summed E-state index contributed by atoms with van der Waals surface area (Å²) in [7, 11) is 0. The van der Waals surface area contributed by atoms with Crippen molar-refractivity contribution in [1.82, 2.24) is 20.4 Å². The van der Waals surface area contributed by atoms with Crippen LogP contribution in [0.5, 0.6) is 0 Å². The van der Waals surface area contributed by atoms with Gasteiger partial charge in [0.2, 0.25) is 0 Å². The Morgan fingerprint density at radius 3 is 2.57 bits per heavy atom. The summed E-state index contributed by atoms with van der Waals surface area (Å²) in [6, 6.07) is 11.0. The molecule has 1 aromatic heterocycles. The number of carbonyl (C=O) groups excluding carboxylic acids is 3. The zero-order valence-corrected chi connectivity index (χ0v) is 21.1. The largest absolute Gasteiger partial charge is 0.372 e. The minimum atomic E-state index is -0.612. The predicted octanol–water partition coefficient (Wildman–Crippen LogP) is 3.45. The highest BCUT2D eigenvalue weighted by Crippen LogP contribution is 2.19. The topological polar surface area (TPSA) is 101 Å². The van der Waals surface area contributed by atoms with Gasteiger partial charge in [-0.05, 0) is 48.3 Å². The van der Waals surface area contributed by atoms with Crippen molar-refractivity contribution in [1.29, 1.82) is 0 Å². The van der Waals surface area contributed by atoms with Crippen molar-refractivity contribution in [3.63, 3.8) is 0 Å². The molecule has 8 nitrogen and oxygen atoms in total. The SMILES string of the molecule is CC(C)Cc1cc(C(=O)N2CCC[C@@H](OCc3ccccc3)C2)nnc1C(=O)N[C@H](C=O)C(C)C. The molecule has 2 heterocycles. The van der Waals surface area contributed by atoms with Crippen LogP contribution in [0.15, 0.2) is 36.4 Å². The van der Waals surface area contributed by atoms with Crippen molar-refractivity contribution in [2.75, 3.05) is 13.1 Å². The molecule has 0 aliphatic carbocycles. The Balaban J connectivity index is 1.72. The van der Waals surface area contributed by atoms with Crippen LogP contribution in [0.25, 0.3) is 0 Å². The molecule has 188 valence electrons. The number of hydrogen-bond acceptors (Lipinski definition) is 6. The van der Waals surface area contributed by atoms with E-state index in [1.54, 1.807) is 11.0 Å². The molecule has 2 atom stereocenters. The summed E-state index contributed by atoms with van der Waals surface area (Å²) in [5.41, 5.74) is 2.13. The van der Waals surface area contributed by atoms with E-state index in [0.717, 1.165) is 24.7 Å². The van der Waals surface area contributed by atoms with E-state index in [9.17, 15) is 14.4 Å². The average molecular weight is 481 g/mol. The molecule has 1 fully saturated rings. The van der Waals surface area contributed by atoms with Gasteiger partial charge in [0, 0.05) is 13.1 Å². The number of rotatable bonds is 10. The lowest BCUT2D eigenvalue weighted by Gasteiger charge is -2.32. The fraction of sp³-hybridized carbons (Fsp3) is 0.519. The minimum absolute atomic E-state index is 0.0441. The highest BCUT2D eigenvalue weighted by molar-refractivity contribution is 5.97. The third-order valence-corrected chi connectivity index (χ3v) is 6.09. The van der Waals surface area contributed by atoms with Gasteiger partial charge in [-0.15, -0.1) is 10.2 Å². The number of aromatic nitrogens is 2. The lowest BCUT2D eigenvalue weighted by atomic mass is 9.99. The van der Waals surface area contributed by atoms with Gasteiger partial charge in [0.15, 0.2) is 11.4 Å². The molecule has 0 saturated carbocycles. The average Bonchev–Trinajstić information content (AvgIpc) is 2.85. The molecule has 2 amide bonds. The molecule has 0 unspecified atom stereocenters. The summed E-state index contributed by atoms with van der Waals surface area (Å²) in [6.45, 7) is 9.41. The number of nitrogens with one attached hydrogen (secondary N) is 1. The van der Waals surface area contributed by atoms with Gasteiger partial charge in [-0.25, -0.2) is 0 Å². The molecular weight excluding hydrogens is 444 g/mol. The standard InChI is InChI=1S/C27H36N4O4/c1-18(2)13-21-14-23(29-30-25(21)26(33)28-24(16-32)19(3)4)27(34)31-12-8-11-22(15-31)35-17-20-9-6-5-7-10-20/h5-7,9-10,14,16,18-19,22,24H,8,11-13,15,17H2,1-4H3,(H,28,33)/t22-,24-/m1/s1. The number of amides is 2. The second kappa shape index (κ2) is 12.5. The van der Waals surface area contributed by atoms with Gasteiger partial charge >= 0.3 is 0 Å². The Morgan fingerprint density at radius 1 is 1.17 bits per heavy atom. The first-order chi connectivity index (χ1) is 16.8. The number of likely N-dealkylation sites (tertiary alicyclic amines) is 1. The quantitative estimate of drug-likeness (QED) is 0.523. The summed E-state index contributed by atoms with van der Waals surface area (Å²) in [5, 5.41) is 11.0. The predicted molar refractivity (Wildman–Crippen MR) is 133 cm³/mol. The number of aldehydes is 1. The summed E-state index contributed by atoms with van der Waals surface area (Å²) >= 11 is 0. The zero-order valence-electron chi connectivity index (χ0n) is 21.1. The van der Waals surface area contributed by atoms with Crippen molar-refractivity contribution in [2.45, 2.75) is 65.7 Å². The van der Waals surface area contributed by atoms with Crippen LogP contribution >= 0.6 is 0 Å². The van der Waals surface area contributed by atoms with E-state index >= 15 is 0 Å². The molecule has 0 spiro atoms. The highest BCUT2D eigenvalue weighted by atomic mass is 16.5. The maximum atomic E-state index is 13.3. The lowest BCUT2D eigenvalue weighted by molar-refractivity contribution is -0.110. The maximum absolute atomic E-state index is 13.3. The molecule has 1 N–H and O–H groups in total. The summed E-state index contributed by atoms with van der Waals surface area (Å²) < 4.78 is 6.07. The number of carbonyl (C=O) groups is 3. The second-order valence-corrected chi connectivity index (χ2v) is 9.89. The molecule has 1 aromatic carbocycles. The van der Waals surface area contributed by atoms with Crippen molar-refractivity contribution >= 4 is 18.1 Å². The second-order valence-electron chi connectivity index (χ2n) is 9.89. The van der Waals surface area contributed by atoms with E-state index in [0.29, 0.717) is 31.7 Å². The van der Waals surface area contributed by atoms with Gasteiger partial charge in [0.05, 0.1) is 18.8 Å². The molecule has 0 bridgehead atoms. The van der Waals surface area contributed by atoms with Crippen molar-refractivity contribution in [3.8, 4) is 0 Å². The van der Waals surface area contributed by atoms with Crippen molar-refractivity contribution in [2.24, 2.45) is 11.8 Å². The van der Waals surface area contributed by atoms with E-state index in [4.69, 9.17) is 4.74 Å². The lowest BCUT2D eigenvalue weighted by Crippen LogP contribution is -2.44. The van der Waals surface area contributed by atoms with Crippen LogP contribution in [-0.2, 0) is 22.6 Å². The van der Waals surface area contributed by atoms with Gasteiger partial charge in [-0.1, -0.05) is 58.0 Å². The summed E-state index contributed by atoms with van der Waals surface area (Å²) in [4.78, 5) is 39.2. The molecular formula is C27H36N4O4. The first kappa shape index (κ1) is 26.5. The fourth-order valence-electron chi connectivity index (χ4n) is 4.11. The molecule has 1 saturated heterocycles.